The smallest absolute Gasteiger partial charge is 0.216 e. The monoisotopic (exact) mass is 366 g/mol. The van der Waals surface area contributed by atoms with Gasteiger partial charge in [0.2, 0.25) is 4.77 Å². The molecule has 0 aliphatic heterocycles. The van der Waals surface area contributed by atoms with Crippen molar-refractivity contribution in [2.75, 3.05) is 0 Å². The Labute approximate surface area is 147 Å². The van der Waals surface area contributed by atoms with Crippen molar-refractivity contribution in [3.63, 3.8) is 0 Å². The molecule has 23 heavy (non-hydrogen) atoms. The van der Waals surface area contributed by atoms with Crippen LogP contribution < -0.4 is 0 Å². The van der Waals surface area contributed by atoms with Crippen LogP contribution in [0.5, 0.6) is 0 Å². The van der Waals surface area contributed by atoms with Gasteiger partial charge in [0.15, 0.2) is 5.82 Å². The van der Waals surface area contributed by atoms with Crippen LogP contribution in [0.1, 0.15) is 18.5 Å². The summed E-state index contributed by atoms with van der Waals surface area (Å²) in [6.07, 6.45) is 2.29. The zero-order chi connectivity index (χ0) is 16.4. The maximum absolute atomic E-state index is 6.18. The molecule has 1 aromatic carbocycles. The van der Waals surface area contributed by atoms with Gasteiger partial charge in [-0.3, -0.25) is 5.10 Å². The molecule has 0 unspecified atom stereocenters. The van der Waals surface area contributed by atoms with Crippen LogP contribution in [0.15, 0.2) is 39.9 Å². The van der Waals surface area contributed by atoms with Crippen molar-refractivity contribution >= 4 is 41.6 Å². The van der Waals surface area contributed by atoms with E-state index in [0.717, 1.165) is 11.4 Å². The molecule has 0 amide bonds. The van der Waals surface area contributed by atoms with Crippen LogP contribution in [-0.2, 0) is 6.42 Å². The summed E-state index contributed by atoms with van der Waals surface area (Å²) < 4.78 is 7.74. The minimum Gasteiger partial charge on any atom is -0.455 e. The first kappa shape index (κ1) is 16.0. The number of nitrogens with one attached hydrogen (secondary N) is 1. The van der Waals surface area contributed by atoms with Crippen LogP contribution in [0, 0.1) is 4.77 Å². The first-order valence-corrected chi connectivity index (χ1v) is 8.01. The number of H-pyrrole nitrogens is 1. The Morgan fingerprint density at radius 1 is 1.35 bits per heavy atom. The number of hydrogen-bond acceptors (Lipinski definition) is 4. The minimum atomic E-state index is 0.433. The second-order valence-corrected chi connectivity index (χ2v) is 5.91. The van der Waals surface area contributed by atoms with Gasteiger partial charge in [0.1, 0.15) is 11.5 Å². The summed E-state index contributed by atoms with van der Waals surface area (Å²) in [5.74, 6) is 1.93. The maximum Gasteiger partial charge on any atom is 0.216 e. The molecule has 118 valence electrons. The third-order valence-corrected chi connectivity index (χ3v) is 3.98. The molecule has 0 saturated heterocycles. The molecule has 0 saturated carbocycles. The molecule has 0 fully saturated rings. The number of nitrogens with zero attached hydrogens (tertiary/aromatic N) is 3. The second-order valence-electron chi connectivity index (χ2n) is 4.68. The van der Waals surface area contributed by atoms with Gasteiger partial charge in [0, 0.05) is 17.0 Å². The largest absolute Gasteiger partial charge is 0.455 e. The van der Waals surface area contributed by atoms with Crippen molar-refractivity contribution < 1.29 is 4.42 Å². The first-order valence-electron chi connectivity index (χ1n) is 6.84. The molecule has 2 aromatic heterocycles. The normalized spacial score (nSPS) is 11.4. The fourth-order valence-electron chi connectivity index (χ4n) is 2.04. The number of aromatic nitrogens is 3. The number of hydrogen-bond donors (Lipinski definition) is 1. The molecule has 0 aliphatic rings. The van der Waals surface area contributed by atoms with Crippen LogP contribution in [-0.4, -0.2) is 21.1 Å². The number of aromatic amines is 1. The van der Waals surface area contributed by atoms with E-state index in [-0.39, 0.29) is 0 Å². The lowest BCUT2D eigenvalue weighted by atomic mass is 10.2. The number of benzene rings is 1. The van der Waals surface area contributed by atoms with Gasteiger partial charge in [-0.15, -0.1) is 0 Å². The summed E-state index contributed by atoms with van der Waals surface area (Å²) in [4.78, 5) is 0. The molecular weight excluding hydrogens is 355 g/mol. The third kappa shape index (κ3) is 3.39. The van der Waals surface area contributed by atoms with E-state index >= 15 is 0 Å². The molecular formula is C15H12Cl2N4OS. The van der Waals surface area contributed by atoms with Crippen molar-refractivity contribution in [2.24, 2.45) is 5.10 Å². The Bertz CT molecular complexity index is 926. The molecule has 5 nitrogen and oxygen atoms in total. The standard InChI is InChI=1S/C15H12Cl2N4OS/c1-2-14-19-20-15(23)21(14)18-8-10-4-6-13(22-10)11-7-9(16)3-5-12(11)17/h3-8H,2H2,1H3,(H,20,23)/b18-8-. The summed E-state index contributed by atoms with van der Waals surface area (Å²) in [6.45, 7) is 1.98. The van der Waals surface area contributed by atoms with Crippen molar-refractivity contribution in [3.05, 3.63) is 56.7 Å². The van der Waals surface area contributed by atoms with Crippen LogP contribution in [0.2, 0.25) is 10.0 Å². The highest BCUT2D eigenvalue weighted by Gasteiger charge is 2.09. The van der Waals surface area contributed by atoms with E-state index in [1.807, 2.05) is 13.0 Å². The number of rotatable bonds is 4. The van der Waals surface area contributed by atoms with E-state index < -0.39 is 0 Å². The van der Waals surface area contributed by atoms with E-state index in [0.29, 0.717) is 32.8 Å². The minimum absolute atomic E-state index is 0.433. The van der Waals surface area contributed by atoms with Gasteiger partial charge in [0.25, 0.3) is 0 Å². The van der Waals surface area contributed by atoms with Gasteiger partial charge in [-0.05, 0) is 42.5 Å². The molecule has 1 N–H and O–H groups in total. The quantitative estimate of drug-likeness (QED) is 0.524. The molecule has 3 aromatic rings. The van der Waals surface area contributed by atoms with Gasteiger partial charge >= 0.3 is 0 Å². The molecule has 0 radical (unpaired) electrons. The molecule has 0 aliphatic carbocycles. The SMILES string of the molecule is CCc1n[nH]c(=S)n1/N=C\c1ccc(-c2cc(Cl)ccc2Cl)o1. The predicted molar refractivity (Wildman–Crippen MR) is 93.9 cm³/mol. The number of furan rings is 1. The number of halogens is 2. The summed E-state index contributed by atoms with van der Waals surface area (Å²) in [5.41, 5.74) is 0.730. The Morgan fingerprint density at radius 2 is 2.17 bits per heavy atom. The van der Waals surface area contributed by atoms with Crippen molar-refractivity contribution in [3.8, 4) is 11.3 Å². The lowest BCUT2D eigenvalue weighted by Gasteiger charge is -2.01. The fraction of sp³-hybridized carbons (Fsp3) is 0.133. The van der Waals surface area contributed by atoms with Crippen molar-refractivity contribution in [1.82, 2.24) is 14.9 Å². The molecule has 0 bridgehead atoms. The van der Waals surface area contributed by atoms with Crippen LogP contribution in [0.3, 0.4) is 0 Å². The molecule has 8 heteroatoms. The maximum atomic E-state index is 6.18. The topological polar surface area (TPSA) is 59.1 Å². The van der Waals surface area contributed by atoms with E-state index in [1.54, 1.807) is 35.2 Å². The highest BCUT2D eigenvalue weighted by atomic mass is 35.5. The Kier molecular flexibility index (Phi) is 4.66. The van der Waals surface area contributed by atoms with Crippen LogP contribution in [0.4, 0.5) is 0 Å². The summed E-state index contributed by atoms with van der Waals surface area (Å²) in [7, 11) is 0. The Balaban J connectivity index is 1.90. The zero-order valence-corrected chi connectivity index (χ0v) is 14.4. The van der Waals surface area contributed by atoms with Crippen LogP contribution >= 0.6 is 35.4 Å². The summed E-state index contributed by atoms with van der Waals surface area (Å²) >= 11 is 17.3. The van der Waals surface area contributed by atoms with Crippen LogP contribution in [0.25, 0.3) is 11.3 Å². The predicted octanol–water partition coefficient (Wildman–Crippen LogP) is 4.95. The summed E-state index contributed by atoms with van der Waals surface area (Å²) in [6, 6.07) is 8.82. The highest BCUT2D eigenvalue weighted by molar-refractivity contribution is 7.71. The van der Waals surface area contributed by atoms with Gasteiger partial charge in [-0.2, -0.15) is 14.9 Å². The van der Waals surface area contributed by atoms with E-state index in [4.69, 9.17) is 39.8 Å². The second kappa shape index (κ2) is 6.70. The lowest BCUT2D eigenvalue weighted by molar-refractivity contribution is 0.574. The first-order chi connectivity index (χ1) is 11.1. The molecule has 2 heterocycles. The zero-order valence-electron chi connectivity index (χ0n) is 12.1. The fourth-order valence-corrected chi connectivity index (χ4v) is 2.62. The molecule has 0 atom stereocenters. The van der Waals surface area contributed by atoms with E-state index in [1.165, 1.54) is 0 Å². The third-order valence-electron chi connectivity index (χ3n) is 3.15. The van der Waals surface area contributed by atoms with Crippen molar-refractivity contribution in [2.45, 2.75) is 13.3 Å². The van der Waals surface area contributed by atoms with Gasteiger partial charge in [-0.1, -0.05) is 30.1 Å². The molecule has 3 rings (SSSR count). The lowest BCUT2D eigenvalue weighted by Crippen LogP contribution is -1.96. The highest BCUT2D eigenvalue weighted by Crippen LogP contribution is 2.31. The van der Waals surface area contributed by atoms with Gasteiger partial charge in [0.05, 0.1) is 11.2 Å². The average Bonchev–Trinajstić information content (AvgIpc) is 3.14. The van der Waals surface area contributed by atoms with Gasteiger partial charge in [-0.25, -0.2) is 0 Å². The van der Waals surface area contributed by atoms with Gasteiger partial charge < -0.3 is 4.42 Å². The molecule has 0 spiro atoms. The number of aryl methyl sites for hydroxylation is 1. The Morgan fingerprint density at radius 3 is 2.96 bits per heavy atom. The summed E-state index contributed by atoms with van der Waals surface area (Å²) in [5, 5.41) is 12.3. The van der Waals surface area contributed by atoms with E-state index in [9.17, 15) is 0 Å². The van der Waals surface area contributed by atoms with E-state index in [2.05, 4.69) is 15.3 Å². The Hall–Kier alpha value is -1.89. The average molecular weight is 367 g/mol. The van der Waals surface area contributed by atoms with Crippen molar-refractivity contribution in [1.29, 1.82) is 0 Å².